The van der Waals surface area contributed by atoms with Crippen molar-refractivity contribution in [3.8, 4) is 67.5 Å². The molecule has 6 aromatic heterocycles. The minimum atomic E-state index is 1.03. The molecule has 0 unspecified atom stereocenters. The number of nitrogens with zero attached hydrogens (tertiary/aromatic N) is 8. The molecule has 0 aliphatic carbocycles. The van der Waals surface area contributed by atoms with E-state index in [9.17, 15) is 0 Å². The summed E-state index contributed by atoms with van der Waals surface area (Å²) >= 11 is 3.49. The van der Waals surface area contributed by atoms with Crippen LogP contribution in [0.25, 0.3) is 198 Å². The van der Waals surface area contributed by atoms with E-state index < -0.39 is 0 Å². The van der Waals surface area contributed by atoms with Gasteiger partial charge in [0.1, 0.15) is 12.5 Å². The first-order chi connectivity index (χ1) is 48.7. The van der Waals surface area contributed by atoms with E-state index >= 15 is 0 Å². The summed E-state index contributed by atoms with van der Waals surface area (Å²) < 4.78 is 25.2. The molecular formula is C86H50N8O2S2. The normalized spacial score (nSPS) is 12.3. The molecule has 0 radical (unpaired) electrons. The Hall–Kier alpha value is -12.7. The van der Waals surface area contributed by atoms with Gasteiger partial charge in [-0.3, -0.25) is 9.97 Å². The van der Waals surface area contributed by atoms with Gasteiger partial charge >= 0.3 is 0 Å². The lowest BCUT2D eigenvalue weighted by molar-refractivity contribution is 0.566. The maximum Gasteiger partial charge on any atom is 0.114 e. The van der Waals surface area contributed by atoms with Crippen LogP contribution >= 0.6 is 22.7 Å². The molecule has 0 fully saturated rings. The van der Waals surface area contributed by atoms with Crippen LogP contribution < -0.4 is 0 Å². The summed E-state index contributed by atoms with van der Waals surface area (Å²) in [5, 5.41) is 24.1. The molecule has 0 atom stereocenters. The molecular weight excluding hydrogens is 1240 g/mol. The molecule has 24 rings (SSSR count). The molecule has 10 nitrogen and oxygen atoms in total. The van der Waals surface area contributed by atoms with Crippen molar-refractivity contribution in [2.45, 2.75) is 0 Å². The van der Waals surface area contributed by atoms with Gasteiger partial charge in [0.05, 0.1) is 125 Å². The van der Waals surface area contributed by atoms with Crippen molar-refractivity contribution in [3.05, 3.63) is 302 Å². The second kappa shape index (κ2) is 20.4. The smallest absolute Gasteiger partial charge is 0.114 e. The van der Waals surface area contributed by atoms with Gasteiger partial charge in [0, 0.05) is 101 Å². The number of rotatable bonds is 6. The minimum absolute atomic E-state index is 1.03. The van der Waals surface area contributed by atoms with Gasteiger partial charge in [0.15, 0.2) is 0 Å². The number of benzene rings is 12. The van der Waals surface area contributed by atoms with Crippen LogP contribution in [0.1, 0.15) is 0 Å². The van der Waals surface area contributed by atoms with E-state index in [1.165, 1.54) is 176 Å². The molecule has 12 heteroatoms. The van der Waals surface area contributed by atoms with Crippen LogP contribution in [0.2, 0.25) is 0 Å². The Balaban J connectivity index is 0.0000000943. The van der Waals surface area contributed by atoms with Crippen molar-refractivity contribution in [2.75, 3.05) is 0 Å². The molecule has 18 aromatic rings. The summed E-state index contributed by atoms with van der Waals surface area (Å²) in [4.78, 5) is 8.88. The maximum atomic E-state index is 5.49. The highest BCUT2D eigenvalue weighted by Gasteiger charge is 2.31. The van der Waals surface area contributed by atoms with Gasteiger partial charge in [-0.25, -0.2) is 0 Å². The summed E-state index contributed by atoms with van der Waals surface area (Å²) in [7, 11) is 0. The van der Waals surface area contributed by atoms with Crippen molar-refractivity contribution in [1.29, 1.82) is 0 Å². The van der Waals surface area contributed by atoms with E-state index in [4.69, 9.17) is 8.83 Å². The lowest BCUT2D eigenvalue weighted by atomic mass is 9.87. The van der Waals surface area contributed by atoms with E-state index in [1.54, 1.807) is 35.2 Å². The van der Waals surface area contributed by atoms with Gasteiger partial charge in [0.25, 0.3) is 0 Å². The van der Waals surface area contributed by atoms with Gasteiger partial charge in [-0.1, -0.05) is 109 Å². The first kappa shape index (κ1) is 53.6. The predicted octanol–water partition coefficient (Wildman–Crippen LogP) is 23.4. The SMILES string of the molecule is c1cc2ccc3c4c2c(c1)n(-c1ccoc1)c1ccc2cccc(c2c1-4)n3-c1ccoc1.c1cc2ccc3c4c2c(c1)n(-c1ccsc1)c1ccc2cccc(c2c1-4)n3-c1ccsc1.c1cncc(-n2c3ccc4cccc5c4c3-c3c4c(cccc42)ccc3n5-c2cccnc2)c1. The van der Waals surface area contributed by atoms with Crippen molar-refractivity contribution < 1.29 is 8.83 Å². The summed E-state index contributed by atoms with van der Waals surface area (Å²) in [6.45, 7) is 0. The Morgan fingerprint density at radius 1 is 0.235 bits per heavy atom. The fourth-order valence-corrected chi connectivity index (χ4v) is 18.0. The lowest BCUT2D eigenvalue weighted by Gasteiger charge is -2.28. The van der Waals surface area contributed by atoms with Crippen molar-refractivity contribution in [1.82, 2.24) is 37.4 Å². The van der Waals surface area contributed by atoms with Crippen molar-refractivity contribution in [3.63, 3.8) is 0 Å². The summed E-state index contributed by atoms with van der Waals surface area (Å²) in [6.07, 6.45) is 14.7. The number of hydrogen-bond donors (Lipinski definition) is 0. The number of pyridine rings is 8. The molecule has 0 amide bonds. The fraction of sp³-hybridized carbons (Fsp3) is 0. The minimum Gasteiger partial charge on any atom is -0.470 e. The molecule has 0 N–H and O–H groups in total. The summed E-state index contributed by atoms with van der Waals surface area (Å²) in [5.74, 6) is 0. The van der Waals surface area contributed by atoms with Crippen molar-refractivity contribution in [2.24, 2.45) is 0 Å². The zero-order chi connectivity index (χ0) is 63.8. The lowest BCUT2D eigenvalue weighted by Crippen LogP contribution is -2.10. The van der Waals surface area contributed by atoms with Gasteiger partial charge in [0.2, 0.25) is 0 Å². The number of furan rings is 2. The monoisotopic (exact) mass is 1290 g/mol. The third-order valence-electron chi connectivity index (χ3n) is 20.5. The van der Waals surface area contributed by atoms with Crippen molar-refractivity contribution >= 4 is 154 Å². The predicted molar refractivity (Wildman–Crippen MR) is 405 cm³/mol. The standard InChI is InChI=1S/C30H18N4.C28H16N2O2.C28H16N2S2/c1-5-19-11-13-26-29-27(19)23(9-1)33(21-7-3-15-31-17-21)25-14-12-20-6-2-10-24(28(20)30(25)29)34(26)22-8-4-16-32-18-22;2*1-3-17-7-9-24-27-25(17)21(5-1)29(19-11-13-31-15-19)23-10-8-18-4-2-6-22(26(18)28(23)27)30(24)20-12-14-32-16-20/h1-18H;2*1-16H. The first-order valence-corrected chi connectivity index (χ1v) is 34.6. The third-order valence-corrected chi connectivity index (χ3v) is 21.9. The largest absolute Gasteiger partial charge is 0.470 e. The molecule has 458 valence electrons. The summed E-state index contributed by atoms with van der Waals surface area (Å²) in [5.41, 5.74) is 28.9. The van der Waals surface area contributed by atoms with Crippen LogP contribution in [0.3, 0.4) is 0 Å². The van der Waals surface area contributed by atoms with Crippen LogP contribution in [0.15, 0.2) is 311 Å². The Morgan fingerprint density at radius 3 is 0.745 bits per heavy atom. The molecule has 12 heterocycles. The average molecular weight is 1290 g/mol. The Labute approximate surface area is 565 Å². The molecule has 0 saturated carbocycles. The quantitative estimate of drug-likeness (QED) is 0.123. The molecule has 6 aliphatic rings. The van der Waals surface area contributed by atoms with Gasteiger partial charge < -0.3 is 36.2 Å². The van der Waals surface area contributed by atoms with E-state index in [-0.39, 0.29) is 0 Å². The van der Waals surface area contributed by atoms with Crippen LogP contribution in [-0.4, -0.2) is 37.4 Å². The van der Waals surface area contributed by atoms with E-state index in [2.05, 4.69) is 265 Å². The highest BCUT2D eigenvalue weighted by atomic mass is 32.1. The number of aromatic nitrogens is 8. The highest BCUT2D eigenvalue weighted by Crippen LogP contribution is 2.53. The maximum absolute atomic E-state index is 5.49. The molecule has 0 spiro atoms. The number of thiophene rings is 2. The average Bonchev–Trinajstić information content (AvgIpc) is 0.718. The van der Waals surface area contributed by atoms with E-state index in [0.29, 0.717) is 0 Å². The molecule has 0 saturated heterocycles. The topological polar surface area (TPSA) is 81.6 Å². The van der Waals surface area contributed by atoms with E-state index in [1.807, 2.05) is 61.6 Å². The first-order valence-electron chi connectivity index (χ1n) is 32.8. The van der Waals surface area contributed by atoms with Crippen LogP contribution in [0.4, 0.5) is 0 Å². The fourth-order valence-electron chi connectivity index (χ4n) is 16.8. The van der Waals surface area contributed by atoms with E-state index in [0.717, 1.165) is 22.7 Å². The Kier molecular flexibility index (Phi) is 11.2. The third kappa shape index (κ3) is 7.33. The molecule has 12 aromatic carbocycles. The molecule has 0 bridgehead atoms. The zero-order valence-corrected chi connectivity index (χ0v) is 53.7. The second-order valence-electron chi connectivity index (χ2n) is 25.4. The zero-order valence-electron chi connectivity index (χ0n) is 52.1. The van der Waals surface area contributed by atoms with Gasteiger partial charge in [-0.2, -0.15) is 22.7 Å². The Bertz CT molecular complexity index is 6320. The second-order valence-corrected chi connectivity index (χ2v) is 26.9. The molecule has 6 aliphatic heterocycles. The molecule has 98 heavy (non-hydrogen) atoms. The van der Waals surface area contributed by atoms with Gasteiger partial charge in [-0.15, -0.1) is 0 Å². The Morgan fingerprint density at radius 2 is 0.510 bits per heavy atom. The van der Waals surface area contributed by atoms with Crippen LogP contribution in [0, 0.1) is 0 Å². The van der Waals surface area contributed by atoms with Crippen LogP contribution in [0.5, 0.6) is 0 Å². The number of hydrogen-bond acceptors (Lipinski definition) is 6. The van der Waals surface area contributed by atoms with Crippen LogP contribution in [-0.2, 0) is 0 Å². The highest BCUT2D eigenvalue weighted by molar-refractivity contribution is 7.08. The van der Waals surface area contributed by atoms with Gasteiger partial charge in [-0.05, 0) is 152 Å². The summed E-state index contributed by atoms with van der Waals surface area (Å²) in [6, 6.07) is 83.4.